The molecule has 1 aliphatic rings. The smallest absolute Gasteiger partial charge is 0.343 e. The van der Waals surface area contributed by atoms with Gasteiger partial charge < -0.3 is 9.15 Å². The van der Waals surface area contributed by atoms with Crippen LogP contribution in [0.1, 0.15) is 44.6 Å². The first-order valence-corrected chi connectivity index (χ1v) is 7.44. The summed E-state index contributed by atoms with van der Waals surface area (Å²) in [6, 6.07) is 7.17. The molecule has 21 heavy (non-hydrogen) atoms. The quantitative estimate of drug-likeness (QED) is 0.638. The number of ether oxygens (including phenoxy) is 1. The lowest BCUT2D eigenvalue weighted by atomic mass is 9.79. The van der Waals surface area contributed by atoms with Crippen LogP contribution in [-0.2, 0) is 4.79 Å². The van der Waals surface area contributed by atoms with E-state index in [0.29, 0.717) is 28.7 Å². The zero-order valence-corrected chi connectivity index (χ0v) is 12.2. The molecule has 0 spiro atoms. The van der Waals surface area contributed by atoms with Gasteiger partial charge in [0.25, 0.3) is 0 Å². The van der Waals surface area contributed by atoms with Gasteiger partial charge in [-0.1, -0.05) is 32.4 Å². The van der Waals surface area contributed by atoms with E-state index in [2.05, 4.69) is 6.92 Å². The minimum Gasteiger partial charge on any atom is -0.425 e. The average molecular weight is 286 g/mol. The Morgan fingerprint density at radius 3 is 2.57 bits per heavy atom. The first kappa shape index (κ1) is 13.9. The maximum atomic E-state index is 12.4. The molecule has 0 aliphatic carbocycles. The largest absolute Gasteiger partial charge is 0.425 e. The second-order valence-electron chi connectivity index (χ2n) is 5.46. The summed E-state index contributed by atoms with van der Waals surface area (Å²) >= 11 is 0. The third kappa shape index (κ3) is 2.15. The molecule has 4 heteroatoms. The van der Waals surface area contributed by atoms with Crippen LogP contribution < -0.4 is 10.4 Å². The minimum absolute atomic E-state index is 0.114. The van der Waals surface area contributed by atoms with E-state index in [1.54, 1.807) is 12.1 Å². The van der Waals surface area contributed by atoms with E-state index >= 15 is 0 Å². The van der Waals surface area contributed by atoms with E-state index < -0.39 is 0 Å². The van der Waals surface area contributed by atoms with Crippen molar-refractivity contribution in [1.29, 1.82) is 0 Å². The van der Waals surface area contributed by atoms with Gasteiger partial charge in [-0.05, 0) is 25.0 Å². The molecule has 2 atom stereocenters. The summed E-state index contributed by atoms with van der Waals surface area (Å²) in [6.45, 7) is 4.00. The molecule has 2 heterocycles. The Bertz CT molecular complexity index is 744. The van der Waals surface area contributed by atoms with Crippen molar-refractivity contribution in [2.75, 3.05) is 0 Å². The van der Waals surface area contributed by atoms with E-state index in [4.69, 9.17) is 9.15 Å². The maximum absolute atomic E-state index is 12.4. The molecule has 1 aliphatic heterocycles. The van der Waals surface area contributed by atoms with Crippen LogP contribution in [0.15, 0.2) is 33.5 Å². The van der Waals surface area contributed by atoms with Gasteiger partial charge in [-0.15, -0.1) is 0 Å². The molecular weight excluding hydrogens is 268 g/mol. The number of fused-ring (bicyclic) bond motifs is 3. The second-order valence-corrected chi connectivity index (χ2v) is 5.46. The fourth-order valence-corrected chi connectivity index (χ4v) is 3.22. The van der Waals surface area contributed by atoms with Crippen molar-refractivity contribution < 1.29 is 13.9 Å². The number of rotatable bonds is 3. The van der Waals surface area contributed by atoms with Crippen LogP contribution in [0.2, 0.25) is 0 Å². The monoisotopic (exact) mass is 286 g/mol. The first-order chi connectivity index (χ1) is 10.2. The molecule has 0 N–H and O–H groups in total. The number of esters is 1. The van der Waals surface area contributed by atoms with E-state index in [-0.39, 0.29) is 23.4 Å². The summed E-state index contributed by atoms with van der Waals surface area (Å²) in [5, 5.41) is 0.691. The highest BCUT2D eigenvalue weighted by molar-refractivity contribution is 5.90. The van der Waals surface area contributed by atoms with Gasteiger partial charge in [0.2, 0.25) is 0 Å². The maximum Gasteiger partial charge on any atom is 0.343 e. The predicted molar refractivity (Wildman–Crippen MR) is 79.5 cm³/mol. The lowest BCUT2D eigenvalue weighted by Gasteiger charge is -2.30. The van der Waals surface area contributed by atoms with Gasteiger partial charge in [-0.25, -0.2) is 4.79 Å². The Labute approximate surface area is 122 Å². The third-order valence-electron chi connectivity index (χ3n) is 4.20. The SMILES string of the molecule is CCC[C@H]1c2c(c3ccccc3oc2=O)OC(=O)[C@@H]1CC. The normalized spacial score (nSPS) is 21.1. The van der Waals surface area contributed by atoms with Crippen molar-refractivity contribution in [3.05, 3.63) is 40.2 Å². The van der Waals surface area contributed by atoms with E-state index in [1.807, 2.05) is 19.1 Å². The molecular formula is C17H18O4. The molecule has 110 valence electrons. The van der Waals surface area contributed by atoms with Crippen LogP contribution in [-0.4, -0.2) is 5.97 Å². The third-order valence-corrected chi connectivity index (χ3v) is 4.20. The summed E-state index contributed by atoms with van der Waals surface area (Å²) in [7, 11) is 0. The van der Waals surface area contributed by atoms with Crippen LogP contribution in [0.5, 0.6) is 5.75 Å². The fraction of sp³-hybridized carbons (Fsp3) is 0.412. The highest BCUT2D eigenvalue weighted by Crippen LogP contribution is 2.43. The van der Waals surface area contributed by atoms with Crippen molar-refractivity contribution in [2.24, 2.45) is 5.92 Å². The molecule has 0 unspecified atom stereocenters. The Morgan fingerprint density at radius 1 is 1.10 bits per heavy atom. The Balaban J connectivity index is 2.30. The van der Waals surface area contributed by atoms with Gasteiger partial charge >= 0.3 is 11.6 Å². The zero-order valence-electron chi connectivity index (χ0n) is 12.2. The van der Waals surface area contributed by atoms with Gasteiger partial charge in [0.05, 0.1) is 16.9 Å². The van der Waals surface area contributed by atoms with Crippen molar-refractivity contribution in [1.82, 2.24) is 0 Å². The average Bonchev–Trinajstić information content (AvgIpc) is 2.47. The van der Waals surface area contributed by atoms with E-state index in [0.717, 1.165) is 12.8 Å². The summed E-state index contributed by atoms with van der Waals surface area (Å²) < 4.78 is 10.9. The highest BCUT2D eigenvalue weighted by atomic mass is 16.5. The Hall–Kier alpha value is -2.10. The van der Waals surface area contributed by atoms with Crippen LogP contribution in [0.3, 0.4) is 0 Å². The molecule has 2 aromatic rings. The lowest BCUT2D eigenvalue weighted by molar-refractivity contribution is -0.141. The minimum atomic E-state index is -0.381. The molecule has 3 rings (SSSR count). The van der Waals surface area contributed by atoms with Crippen LogP contribution in [0, 0.1) is 5.92 Å². The topological polar surface area (TPSA) is 56.5 Å². The number of carbonyl (C=O) groups excluding carboxylic acids is 1. The van der Waals surface area contributed by atoms with Gasteiger partial charge in [0.15, 0.2) is 5.75 Å². The summed E-state index contributed by atoms with van der Waals surface area (Å²) in [5.74, 6) is -0.215. The number of benzene rings is 1. The summed E-state index contributed by atoms with van der Waals surface area (Å²) in [5.41, 5.74) is 0.606. The molecule has 0 saturated heterocycles. The number of carbonyl (C=O) groups is 1. The summed E-state index contributed by atoms with van der Waals surface area (Å²) in [4.78, 5) is 24.6. The van der Waals surface area contributed by atoms with Crippen molar-refractivity contribution in [3.8, 4) is 5.75 Å². The van der Waals surface area contributed by atoms with Crippen LogP contribution >= 0.6 is 0 Å². The van der Waals surface area contributed by atoms with Gasteiger partial charge in [-0.3, -0.25) is 4.79 Å². The molecule has 4 nitrogen and oxygen atoms in total. The molecule has 0 saturated carbocycles. The predicted octanol–water partition coefficient (Wildman–Crippen LogP) is 3.62. The van der Waals surface area contributed by atoms with Gasteiger partial charge in [0, 0.05) is 5.92 Å². The van der Waals surface area contributed by atoms with Crippen molar-refractivity contribution in [3.63, 3.8) is 0 Å². The number of hydrogen-bond acceptors (Lipinski definition) is 4. The standard InChI is InChI=1S/C17H18O4/c1-3-7-11-10(4-2)16(18)21-15-12-8-5-6-9-13(12)20-17(19)14(11)15/h5-6,8-11H,3-4,7H2,1-2H3/t10-,11-/m1/s1. The van der Waals surface area contributed by atoms with Gasteiger partial charge in [-0.2, -0.15) is 0 Å². The molecule has 0 amide bonds. The first-order valence-electron chi connectivity index (χ1n) is 7.44. The fourth-order valence-electron chi connectivity index (χ4n) is 3.22. The van der Waals surface area contributed by atoms with Crippen molar-refractivity contribution in [2.45, 2.75) is 39.0 Å². The number of hydrogen-bond donors (Lipinski definition) is 0. The highest BCUT2D eigenvalue weighted by Gasteiger charge is 2.39. The molecule has 1 aromatic carbocycles. The molecule has 0 radical (unpaired) electrons. The zero-order chi connectivity index (χ0) is 15.0. The molecule has 0 fully saturated rings. The number of para-hydroxylation sites is 1. The Kier molecular flexibility index (Phi) is 3.53. The second kappa shape index (κ2) is 5.35. The van der Waals surface area contributed by atoms with Crippen LogP contribution in [0.25, 0.3) is 11.0 Å². The van der Waals surface area contributed by atoms with Crippen LogP contribution in [0.4, 0.5) is 0 Å². The molecule has 0 bridgehead atoms. The van der Waals surface area contributed by atoms with E-state index in [9.17, 15) is 9.59 Å². The van der Waals surface area contributed by atoms with E-state index in [1.165, 1.54) is 0 Å². The molecule has 1 aromatic heterocycles. The van der Waals surface area contributed by atoms with Gasteiger partial charge in [0.1, 0.15) is 5.58 Å². The summed E-state index contributed by atoms with van der Waals surface area (Å²) in [6.07, 6.45) is 2.35. The van der Waals surface area contributed by atoms with Crippen molar-refractivity contribution >= 4 is 16.9 Å². The Morgan fingerprint density at radius 2 is 1.86 bits per heavy atom. The lowest BCUT2D eigenvalue weighted by Crippen LogP contribution is -2.34.